The standard InChI is InChI=1S/C15H19NO4/c1-2-8-20-13-5-3-4-11(9-13)15(19)16(10-14(17)18)12-6-7-12/h3-5,9,12H,2,6-8,10H2,1H3,(H,17,18). The highest BCUT2D eigenvalue weighted by Gasteiger charge is 2.34. The molecule has 1 aliphatic rings. The number of carboxylic acids is 1. The number of carbonyl (C=O) groups is 2. The van der Waals surface area contributed by atoms with Crippen LogP contribution < -0.4 is 4.74 Å². The van der Waals surface area contributed by atoms with E-state index in [-0.39, 0.29) is 18.5 Å². The molecule has 0 aromatic heterocycles. The predicted molar refractivity (Wildman–Crippen MR) is 73.9 cm³/mol. The average Bonchev–Trinajstić information content (AvgIpc) is 3.26. The molecule has 2 rings (SSSR count). The molecule has 1 aliphatic carbocycles. The number of rotatable bonds is 7. The van der Waals surface area contributed by atoms with Crippen molar-refractivity contribution in [2.24, 2.45) is 0 Å². The summed E-state index contributed by atoms with van der Waals surface area (Å²) >= 11 is 0. The smallest absolute Gasteiger partial charge is 0.323 e. The SMILES string of the molecule is CCCOc1cccc(C(=O)N(CC(=O)O)C2CC2)c1. The Morgan fingerprint density at radius 3 is 2.75 bits per heavy atom. The Hall–Kier alpha value is -2.04. The lowest BCUT2D eigenvalue weighted by molar-refractivity contribution is -0.137. The van der Waals surface area contributed by atoms with Crippen LogP contribution in [0.2, 0.25) is 0 Å². The average molecular weight is 277 g/mol. The number of benzene rings is 1. The van der Waals surface area contributed by atoms with Gasteiger partial charge in [0, 0.05) is 11.6 Å². The molecule has 1 N–H and O–H groups in total. The van der Waals surface area contributed by atoms with Crippen LogP contribution in [0.5, 0.6) is 5.75 Å². The first kappa shape index (κ1) is 14.4. The lowest BCUT2D eigenvalue weighted by Gasteiger charge is -2.20. The molecule has 1 amide bonds. The van der Waals surface area contributed by atoms with Crippen LogP contribution in [0.3, 0.4) is 0 Å². The fourth-order valence-electron chi connectivity index (χ4n) is 2.00. The van der Waals surface area contributed by atoms with Gasteiger partial charge in [-0.15, -0.1) is 0 Å². The van der Waals surface area contributed by atoms with Crippen molar-refractivity contribution in [3.05, 3.63) is 29.8 Å². The van der Waals surface area contributed by atoms with Gasteiger partial charge < -0.3 is 14.7 Å². The molecule has 0 heterocycles. The first-order valence-corrected chi connectivity index (χ1v) is 6.87. The van der Waals surface area contributed by atoms with Gasteiger partial charge in [-0.25, -0.2) is 0 Å². The van der Waals surface area contributed by atoms with E-state index in [2.05, 4.69) is 0 Å². The topological polar surface area (TPSA) is 66.8 Å². The Morgan fingerprint density at radius 2 is 2.15 bits per heavy atom. The first-order valence-electron chi connectivity index (χ1n) is 6.87. The number of aliphatic carboxylic acids is 1. The molecule has 1 fully saturated rings. The maximum absolute atomic E-state index is 12.4. The van der Waals surface area contributed by atoms with E-state index in [0.29, 0.717) is 17.9 Å². The fraction of sp³-hybridized carbons (Fsp3) is 0.467. The van der Waals surface area contributed by atoms with Crippen molar-refractivity contribution >= 4 is 11.9 Å². The van der Waals surface area contributed by atoms with E-state index in [9.17, 15) is 9.59 Å². The van der Waals surface area contributed by atoms with E-state index in [0.717, 1.165) is 19.3 Å². The van der Waals surface area contributed by atoms with E-state index in [1.807, 2.05) is 6.92 Å². The second kappa shape index (κ2) is 6.41. The number of nitrogens with zero attached hydrogens (tertiary/aromatic N) is 1. The van der Waals surface area contributed by atoms with E-state index in [1.165, 1.54) is 4.90 Å². The minimum atomic E-state index is -0.983. The fourth-order valence-corrected chi connectivity index (χ4v) is 2.00. The van der Waals surface area contributed by atoms with Gasteiger partial charge in [0.2, 0.25) is 0 Å². The monoisotopic (exact) mass is 277 g/mol. The molecule has 0 radical (unpaired) electrons. The Labute approximate surface area is 118 Å². The zero-order valence-corrected chi connectivity index (χ0v) is 11.5. The highest BCUT2D eigenvalue weighted by atomic mass is 16.5. The van der Waals surface area contributed by atoms with Crippen LogP contribution in [-0.4, -0.2) is 41.1 Å². The molecule has 5 heteroatoms. The molecular formula is C15H19NO4. The van der Waals surface area contributed by atoms with Crippen molar-refractivity contribution in [3.63, 3.8) is 0 Å². The summed E-state index contributed by atoms with van der Waals surface area (Å²) in [5.74, 6) is -0.579. The Balaban J connectivity index is 2.11. The van der Waals surface area contributed by atoms with Crippen LogP contribution in [0.4, 0.5) is 0 Å². The van der Waals surface area contributed by atoms with Gasteiger partial charge in [-0.1, -0.05) is 13.0 Å². The molecule has 20 heavy (non-hydrogen) atoms. The summed E-state index contributed by atoms with van der Waals surface area (Å²) in [5, 5.41) is 8.91. The van der Waals surface area contributed by atoms with Crippen LogP contribution in [0.15, 0.2) is 24.3 Å². The molecular weight excluding hydrogens is 258 g/mol. The number of carboxylic acid groups (broad SMARTS) is 1. The van der Waals surface area contributed by atoms with Gasteiger partial charge in [0.1, 0.15) is 12.3 Å². The number of hydrogen-bond donors (Lipinski definition) is 1. The maximum Gasteiger partial charge on any atom is 0.323 e. The largest absolute Gasteiger partial charge is 0.494 e. The summed E-state index contributed by atoms with van der Waals surface area (Å²) in [6, 6.07) is 6.99. The van der Waals surface area contributed by atoms with Gasteiger partial charge in [-0.3, -0.25) is 9.59 Å². The molecule has 108 valence electrons. The quantitative estimate of drug-likeness (QED) is 0.829. The molecule has 5 nitrogen and oxygen atoms in total. The maximum atomic E-state index is 12.4. The zero-order chi connectivity index (χ0) is 14.5. The van der Waals surface area contributed by atoms with Crippen molar-refractivity contribution in [1.29, 1.82) is 0 Å². The molecule has 0 atom stereocenters. The van der Waals surface area contributed by atoms with Gasteiger partial charge in [-0.05, 0) is 37.5 Å². The zero-order valence-electron chi connectivity index (χ0n) is 11.5. The van der Waals surface area contributed by atoms with Crippen LogP contribution >= 0.6 is 0 Å². The predicted octanol–water partition coefficient (Wildman–Crippen LogP) is 2.16. The lowest BCUT2D eigenvalue weighted by atomic mass is 10.2. The molecule has 1 aromatic rings. The van der Waals surface area contributed by atoms with Crippen molar-refractivity contribution in [1.82, 2.24) is 4.90 Å². The molecule has 0 aliphatic heterocycles. The summed E-state index contributed by atoms with van der Waals surface area (Å²) in [4.78, 5) is 24.7. The number of carbonyl (C=O) groups excluding carboxylic acids is 1. The van der Waals surface area contributed by atoms with Gasteiger partial charge in [0.15, 0.2) is 0 Å². The molecule has 0 saturated heterocycles. The Morgan fingerprint density at radius 1 is 1.40 bits per heavy atom. The summed E-state index contributed by atoms with van der Waals surface area (Å²) in [6.07, 6.45) is 2.65. The van der Waals surface area contributed by atoms with Crippen molar-refractivity contribution in [2.45, 2.75) is 32.2 Å². The second-order valence-corrected chi connectivity index (χ2v) is 4.93. The van der Waals surface area contributed by atoms with Crippen LogP contribution in [0.25, 0.3) is 0 Å². The highest BCUT2D eigenvalue weighted by molar-refractivity contribution is 5.96. The second-order valence-electron chi connectivity index (χ2n) is 4.93. The van der Waals surface area contributed by atoms with Crippen LogP contribution in [0, 0.1) is 0 Å². The molecule has 0 unspecified atom stereocenters. The van der Waals surface area contributed by atoms with Gasteiger partial charge in [0.05, 0.1) is 6.61 Å². The minimum absolute atomic E-state index is 0.0683. The summed E-state index contributed by atoms with van der Waals surface area (Å²) < 4.78 is 5.50. The van der Waals surface area contributed by atoms with Gasteiger partial charge >= 0.3 is 5.97 Å². The minimum Gasteiger partial charge on any atom is -0.494 e. The van der Waals surface area contributed by atoms with E-state index < -0.39 is 5.97 Å². The third-order valence-electron chi connectivity index (χ3n) is 3.11. The number of amides is 1. The van der Waals surface area contributed by atoms with E-state index >= 15 is 0 Å². The first-order chi connectivity index (χ1) is 9.61. The highest BCUT2D eigenvalue weighted by Crippen LogP contribution is 2.28. The lowest BCUT2D eigenvalue weighted by Crippen LogP contribution is -2.37. The van der Waals surface area contributed by atoms with Crippen molar-refractivity contribution < 1.29 is 19.4 Å². The summed E-state index contributed by atoms with van der Waals surface area (Å²) in [6.45, 7) is 2.36. The number of hydrogen-bond acceptors (Lipinski definition) is 3. The van der Waals surface area contributed by atoms with Crippen molar-refractivity contribution in [3.8, 4) is 5.75 Å². The van der Waals surface area contributed by atoms with E-state index in [4.69, 9.17) is 9.84 Å². The van der Waals surface area contributed by atoms with E-state index in [1.54, 1.807) is 24.3 Å². The third kappa shape index (κ3) is 3.73. The summed E-state index contributed by atoms with van der Waals surface area (Å²) in [7, 11) is 0. The van der Waals surface area contributed by atoms with Crippen molar-refractivity contribution in [2.75, 3.05) is 13.2 Å². The van der Waals surface area contributed by atoms with Gasteiger partial charge in [-0.2, -0.15) is 0 Å². The molecule has 0 spiro atoms. The van der Waals surface area contributed by atoms with Crippen LogP contribution in [0.1, 0.15) is 36.5 Å². The third-order valence-corrected chi connectivity index (χ3v) is 3.11. The Kier molecular flexibility index (Phi) is 4.61. The molecule has 1 aromatic carbocycles. The normalized spacial score (nSPS) is 13.8. The Bertz CT molecular complexity index is 496. The van der Waals surface area contributed by atoms with Gasteiger partial charge in [0.25, 0.3) is 5.91 Å². The molecule has 1 saturated carbocycles. The summed E-state index contributed by atoms with van der Waals surface area (Å²) in [5.41, 5.74) is 0.478. The van der Waals surface area contributed by atoms with Crippen LogP contribution in [-0.2, 0) is 4.79 Å². The molecule has 0 bridgehead atoms. The number of ether oxygens (including phenoxy) is 1.